The molecule has 1 aromatic heterocycles. The second kappa shape index (κ2) is 5.55. The van der Waals surface area contributed by atoms with Gasteiger partial charge in [-0.1, -0.05) is 0 Å². The number of aliphatic hydroxyl groups excluding tert-OH is 1. The molecule has 1 fully saturated rings. The Morgan fingerprint density at radius 2 is 2.59 bits per heavy atom. The lowest BCUT2D eigenvalue weighted by Crippen LogP contribution is -2.29. The minimum absolute atomic E-state index is 0.0437. The van der Waals surface area contributed by atoms with Gasteiger partial charge in [0, 0.05) is 19.0 Å². The van der Waals surface area contributed by atoms with Crippen LogP contribution in [0.5, 0.6) is 0 Å². The van der Waals surface area contributed by atoms with Crippen molar-refractivity contribution in [1.82, 2.24) is 9.55 Å². The molecule has 0 aliphatic carbocycles. The van der Waals surface area contributed by atoms with Gasteiger partial charge in [-0.25, -0.2) is 4.79 Å². The quantitative estimate of drug-likeness (QED) is 0.622. The van der Waals surface area contributed by atoms with E-state index >= 15 is 0 Å². The maximum absolute atomic E-state index is 11.8. The zero-order valence-corrected chi connectivity index (χ0v) is 12.1. The maximum Gasteiger partial charge on any atom is 0.351 e. The molecule has 94 valence electrons. The number of aliphatic hydroxyl groups is 1. The second-order valence-electron chi connectivity index (χ2n) is 3.49. The zero-order valence-electron chi connectivity index (χ0n) is 9.12. The molecular formula is C9H12IN3O3S. The number of anilines is 1. The van der Waals surface area contributed by atoms with Gasteiger partial charge in [0.15, 0.2) is 0 Å². The Hall–Kier alpha value is -0.320. The lowest BCUT2D eigenvalue weighted by molar-refractivity contribution is -0.00630. The van der Waals surface area contributed by atoms with E-state index in [0.29, 0.717) is 11.6 Å². The number of thioether (sulfide) groups is 1. The van der Waals surface area contributed by atoms with Gasteiger partial charge in [-0.3, -0.25) is 4.57 Å². The number of halogens is 1. The monoisotopic (exact) mass is 369 g/mol. The van der Waals surface area contributed by atoms with Gasteiger partial charge >= 0.3 is 5.69 Å². The van der Waals surface area contributed by atoms with Gasteiger partial charge in [-0.15, -0.1) is 11.8 Å². The van der Waals surface area contributed by atoms with Crippen molar-refractivity contribution in [2.75, 3.05) is 22.5 Å². The molecule has 6 nitrogen and oxygen atoms in total. The fraction of sp³-hybridized carbons (Fsp3) is 0.556. The van der Waals surface area contributed by atoms with Crippen molar-refractivity contribution >= 4 is 40.4 Å². The highest BCUT2D eigenvalue weighted by molar-refractivity contribution is 14.1. The lowest BCUT2D eigenvalue weighted by atomic mass is 10.5. The van der Waals surface area contributed by atoms with Crippen molar-refractivity contribution in [3.8, 4) is 0 Å². The predicted octanol–water partition coefficient (Wildman–Crippen LogP) is 0.610. The number of rotatable bonds is 3. The lowest BCUT2D eigenvalue weighted by Gasteiger charge is -2.15. The van der Waals surface area contributed by atoms with Crippen molar-refractivity contribution in [2.24, 2.45) is 0 Å². The highest BCUT2D eigenvalue weighted by Gasteiger charge is 2.27. The molecule has 1 saturated heterocycles. The van der Waals surface area contributed by atoms with Gasteiger partial charge in [0.05, 0.1) is 29.5 Å². The molecule has 0 bridgehead atoms. The summed E-state index contributed by atoms with van der Waals surface area (Å²) in [5.74, 6) is 1.25. The second-order valence-corrected chi connectivity index (χ2v) is 6.13. The molecule has 0 saturated carbocycles. The smallest absolute Gasteiger partial charge is 0.351 e. The van der Waals surface area contributed by atoms with Gasteiger partial charge in [0.25, 0.3) is 0 Å². The Morgan fingerprint density at radius 1 is 1.82 bits per heavy atom. The molecule has 1 N–H and O–H groups in total. The van der Waals surface area contributed by atoms with Crippen LogP contribution in [0, 0.1) is 0 Å². The molecule has 0 radical (unpaired) electrons. The average molecular weight is 369 g/mol. The van der Waals surface area contributed by atoms with E-state index in [1.165, 1.54) is 16.3 Å². The van der Waals surface area contributed by atoms with Crippen LogP contribution in [0.4, 0.5) is 5.82 Å². The van der Waals surface area contributed by atoms with Gasteiger partial charge in [-0.2, -0.15) is 4.98 Å². The summed E-state index contributed by atoms with van der Waals surface area (Å²) in [5, 5.41) is 8.96. The van der Waals surface area contributed by atoms with E-state index in [1.54, 1.807) is 15.4 Å². The fourth-order valence-corrected chi connectivity index (χ4v) is 2.68. The van der Waals surface area contributed by atoms with Gasteiger partial charge in [0.1, 0.15) is 17.5 Å². The number of aromatic nitrogens is 2. The molecule has 1 aliphatic rings. The van der Waals surface area contributed by atoms with E-state index in [4.69, 9.17) is 9.84 Å². The minimum Gasteiger partial charge on any atom is -0.393 e. The van der Waals surface area contributed by atoms with Crippen LogP contribution in [0.3, 0.4) is 0 Å². The third-order valence-electron chi connectivity index (χ3n) is 2.32. The van der Waals surface area contributed by atoms with Crippen molar-refractivity contribution in [1.29, 1.82) is 0 Å². The van der Waals surface area contributed by atoms with Crippen LogP contribution in [0.1, 0.15) is 6.23 Å². The van der Waals surface area contributed by atoms with Crippen LogP contribution in [-0.2, 0) is 4.74 Å². The van der Waals surface area contributed by atoms with E-state index in [0.717, 1.165) is 0 Å². The number of nitrogens with zero attached hydrogens (tertiary/aromatic N) is 3. The maximum atomic E-state index is 11.8. The molecule has 1 aromatic rings. The topological polar surface area (TPSA) is 67.6 Å². The van der Waals surface area contributed by atoms with Crippen molar-refractivity contribution in [3.63, 3.8) is 0 Å². The van der Waals surface area contributed by atoms with Gasteiger partial charge in [-0.05, 0) is 6.07 Å². The highest BCUT2D eigenvalue weighted by atomic mass is 127. The first-order valence-electron chi connectivity index (χ1n) is 4.98. The summed E-state index contributed by atoms with van der Waals surface area (Å²) < 4.78 is 8.69. The normalized spacial score (nSPS) is 23.9. The van der Waals surface area contributed by atoms with Crippen LogP contribution >= 0.6 is 34.6 Å². The van der Waals surface area contributed by atoms with Crippen LogP contribution in [0.25, 0.3) is 0 Å². The Balaban J connectivity index is 2.20. The van der Waals surface area contributed by atoms with Crippen LogP contribution in [0.15, 0.2) is 17.1 Å². The molecule has 1 aliphatic heterocycles. The highest BCUT2D eigenvalue weighted by Crippen LogP contribution is 2.30. The van der Waals surface area contributed by atoms with E-state index in [1.807, 2.05) is 29.9 Å². The number of ether oxygens (including phenoxy) is 1. The average Bonchev–Trinajstić information content (AvgIpc) is 2.77. The first-order valence-corrected chi connectivity index (χ1v) is 7.00. The Bertz CT molecular complexity index is 453. The molecule has 0 aromatic carbocycles. The summed E-state index contributed by atoms with van der Waals surface area (Å²) in [7, 11) is 1.82. The Morgan fingerprint density at radius 3 is 3.12 bits per heavy atom. The predicted molar refractivity (Wildman–Crippen MR) is 74.4 cm³/mol. The largest absolute Gasteiger partial charge is 0.393 e. The van der Waals surface area contributed by atoms with Gasteiger partial charge in [0.2, 0.25) is 0 Å². The van der Waals surface area contributed by atoms with E-state index in [9.17, 15) is 4.79 Å². The first-order chi connectivity index (χ1) is 8.11. The van der Waals surface area contributed by atoms with Gasteiger partial charge < -0.3 is 13.0 Å². The first kappa shape index (κ1) is 13.1. The minimum atomic E-state index is -0.342. The summed E-state index contributed by atoms with van der Waals surface area (Å²) in [6, 6.07) is 1.76. The molecule has 0 amide bonds. The molecule has 0 spiro atoms. The SMILES string of the molecule is CN(I)c1ccn(C2CSC(CO)O2)c(=O)n1. The number of hydrogen-bond acceptors (Lipinski definition) is 6. The molecule has 8 heteroatoms. The Kier molecular flexibility index (Phi) is 4.28. The third-order valence-corrected chi connectivity index (χ3v) is 3.93. The summed E-state index contributed by atoms with van der Waals surface area (Å²) in [5.41, 5.74) is -0.589. The summed E-state index contributed by atoms with van der Waals surface area (Å²) in [6.45, 7) is -0.0437. The molecular weight excluding hydrogens is 357 g/mol. The molecule has 2 unspecified atom stereocenters. The number of hydrogen-bond donors (Lipinski definition) is 1. The van der Waals surface area contributed by atoms with Crippen molar-refractivity contribution in [2.45, 2.75) is 11.7 Å². The zero-order chi connectivity index (χ0) is 12.4. The van der Waals surface area contributed by atoms with Crippen molar-refractivity contribution in [3.05, 3.63) is 22.7 Å². The standard InChI is InChI=1S/C9H12IN3O3S/c1-12(10)6-2-3-13(9(15)11-6)7-5-17-8(4-14)16-7/h2-3,7-8,14H,4-5H2,1H3. The molecule has 2 rings (SSSR count). The van der Waals surface area contributed by atoms with Crippen LogP contribution in [0.2, 0.25) is 0 Å². The molecule has 2 heterocycles. The van der Waals surface area contributed by atoms with Crippen LogP contribution in [-0.4, -0.2) is 39.5 Å². The third kappa shape index (κ3) is 2.92. The summed E-state index contributed by atoms with van der Waals surface area (Å²) in [4.78, 5) is 15.7. The fourth-order valence-electron chi connectivity index (χ4n) is 1.48. The molecule has 17 heavy (non-hydrogen) atoms. The van der Waals surface area contributed by atoms with E-state index < -0.39 is 0 Å². The van der Waals surface area contributed by atoms with Crippen molar-refractivity contribution < 1.29 is 9.84 Å². The summed E-state index contributed by atoms with van der Waals surface area (Å²) in [6.07, 6.45) is 1.33. The van der Waals surface area contributed by atoms with E-state index in [2.05, 4.69) is 4.98 Å². The summed E-state index contributed by atoms with van der Waals surface area (Å²) >= 11 is 3.54. The Labute approximate surface area is 116 Å². The van der Waals surface area contributed by atoms with E-state index in [-0.39, 0.29) is 24.0 Å². The molecule has 2 atom stereocenters. The van der Waals surface area contributed by atoms with Crippen LogP contribution < -0.4 is 8.80 Å².